The van der Waals surface area contributed by atoms with Gasteiger partial charge in [0.1, 0.15) is 11.9 Å². The van der Waals surface area contributed by atoms with Crippen LogP contribution >= 0.6 is 0 Å². The Kier molecular flexibility index (Phi) is 3.59. The topological polar surface area (TPSA) is 59.4 Å². The van der Waals surface area contributed by atoms with Crippen molar-refractivity contribution in [3.8, 4) is 0 Å². The SMILES string of the molecule is Cc1ccoc1C(O)C1(CN)CCCC(C)C1. The van der Waals surface area contributed by atoms with E-state index in [1.165, 1.54) is 6.42 Å². The maximum atomic E-state index is 10.6. The Morgan fingerprint density at radius 1 is 1.65 bits per heavy atom. The van der Waals surface area contributed by atoms with Gasteiger partial charge in [0.25, 0.3) is 0 Å². The van der Waals surface area contributed by atoms with Crippen LogP contribution in [0.5, 0.6) is 0 Å². The molecule has 1 aromatic heterocycles. The summed E-state index contributed by atoms with van der Waals surface area (Å²) in [5.74, 6) is 1.33. The second-order valence-corrected chi connectivity index (χ2v) is 5.64. The van der Waals surface area contributed by atoms with Gasteiger partial charge in [-0.2, -0.15) is 0 Å². The minimum atomic E-state index is -0.565. The summed E-state index contributed by atoms with van der Waals surface area (Å²) >= 11 is 0. The molecule has 1 saturated carbocycles. The quantitative estimate of drug-likeness (QED) is 0.849. The fraction of sp³-hybridized carbons (Fsp3) is 0.714. The largest absolute Gasteiger partial charge is 0.466 e. The van der Waals surface area contributed by atoms with Crippen molar-refractivity contribution in [1.82, 2.24) is 0 Å². The molecule has 0 saturated heterocycles. The summed E-state index contributed by atoms with van der Waals surface area (Å²) < 4.78 is 5.44. The monoisotopic (exact) mass is 237 g/mol. The minimum absolute atomic E-state index is 0.194. The van der Waals surface area contributed by atoms with Crippen molar-refractivity contribution < 1.29 is 9.52 Å². The van der Waals surface area contributed by atoms with Crippen LogP contribution < -0.4 is 5.73 Å². The third-order valence-electron chi connectivity index (χ3n) is 4.26. The standard InChI is InChI=1S/C14H23NO2/c1-10-4-3-6-14(8-10,9-15)13(16)12-11(2)5-7-17-12/h5,7,10,13,16H,3-4,6,8-9,15H2,1-2H3. The third kappa shape index (κ3) is 2.26. The lowest BCUT2D eigenvalue weighted by Crippen LogP contribution is -2.40. The molecule has 0 aliphatic heterocycles. The molecule has 0 spiro atoms. The molecule has 2 rings (SSSR count). The highest BCUT2D eigenvalue weighted by Gasteiger charge is 2.42. The Morgan fingerprint density at radius 2 is 2.41 bits per heavy atom. The van der Waals surface area contributed by atoms with Gasteiger partial charge < -0.3 is 15.3 Å². The molecule has 3 heteroatoms. The Hall–Kier alpha value is -0.800. The molecule has 3 atom stereocenters. The second kappa shape index (κ2) is 4.83. The lowest BCUT2D eigenvalue weighted by Gasteiger charge is -2.42. The van der Waals surface area contributed by atoms with Gasteiger partial charge >= 0.3 is 0 Å². The molecule has 0 radical (unpaired) electrons. The molecule has 0 aromatic carbocycles. The maximum absolute atomic E-state index is 10.6. The number of aryl methyl sites for hydroxylation is 1. The number of nitrogens with two attached hydrogens (primary N) is 1. The molecular weight excluding hydrogens is 214 g/mol. The van der Waals surface area contributed by atoms with Gasteiger partial charge in [0, 0.05) is 12.0 Å². The summed E-state index contributed by atoms with van der Waals surface area (Å²) in [5.41, 5.74) is 6.78. The average Bonchev–Trinajstić information content (AvgIpc) is 2.74. The molecule has 1 aromatic rings. The van der Waals surface area contributed by atoms with E-state index in [1.807, 2.05) is 13.0 Å². The number of furan rings is 1. The van der Waals surface area contributed by atoms with Crippen molar-refractivity contribution in [3.05, 3.63) is 23.7 Å². The van der Waals surface area contributed by atoms with Gasteiger partial charge in [0.2, 0.25) is 0 Å². The van der Waals surface area contributed by atoms with Gasteiger partial charge in [0.15, 0.2) is 0 Å². The molecule has 96 valence electrons. The average molecular weight is 237 g/mol. The van der Waals surface area contributed by atoms with Gasteiger partial charge in [-0.05, 0) is 37.3 Å². The Morgan fingerprint density at radius 3 is 2.94 bits per heavy atom. The number of hydrogen-bond acceptors (Lipinski definition) is 3. The minimum Gasteiger partial charge on any atom is -0.466 e. The highest BCUT2D eigenvalue weighted by molar-refractivity contribution is 5.19. The summed E-state index contributed by atoms with van der Waals surface area (Å²) in [4.78, 5) is 0. The molecule has 1 heterocycles. The first-order chi connectivity index (χ1) is 8.09. The summed E-state index contributed by atoms with van der Waals surface area (Å²) in [6.45, 7) is 4.74. The highest BCUT2D eigenvalue weighted by atomic mass is 16.4. The van der Waals surface area contributed by atoms with Crippen LogP contribution in [-0.2, 0) is 0 Å². The van der Waals surface area contributed by atoms with Crippen molar-refractivity contribution in [2.24, 2.45) is 17.1 Å². The van der Waals surface area contributed by atoms with Crippen molar-refractivity contribution in [2.45, 2.75) is 45.6 Å². The first-order valence-corrected chi connectivity index (χ1v) is 6.51. The van der Waals surface area contributed by atoms with Crippen LogP contribution in [0.15, 0.2) is 16.7 Å². The second-order valence-electron chi connectivity index (χ2n) is 5.64. The Bertz CT molecular complexity index is 374. The Labute approximate surface area is 103 Å². The number of rotatable bonds is 3. The zero-order chi connectivity index (χ0) is 12.5. The predicted octanol–water partition coefficient (Wildman–Crippen LogP) is 2.78. The van der Waals surface area contributed by atoms with Crippen molar-refractivity contribution >= 4 is 0 Å². The van der Waals surface area contributed by atoms with E-state index in [4.69, 9.17) is 10.2 Å². The molecular formula is C14H23NO2. The van der Waals surface area contributed by atoms with Crippen LogP contribution in [-0.4, -0.2) is 11.7 Å². The van der Waals surface area contributed by atoms with Gasteiger partial charge in [-0.3, -0.25) is 0 Å². The predicted molar refractivity (Wildman–Crippen MR) is 67.5 cm³/mol. The fourth-order valence-corrected chi connectivity index (χ4v) is 3.19. The van der Waals surface area contributed by atoms with Crippen LogP contribution in [0.2, 0.25) is 0 Å². The summed E-state index contributed by atoms with van der Waals surface area (Å²) in [7, 11) is 0. The van der Waals surface area contributed by atoms with Gasteiger partial charge in [-0.15, -0.1) is 0 Å². The smallest absolute Gasteiger partial charge is 0.135 e. The van der Waals surface area contributed by atoms with E-state index in [9.17, 15) is 5.11 Å². The fourth-order valence-electron chi connectivity index (χ4n) is 3.19. The van der Waals surface area contributed by atoms with E-state index >= 15 is 0 Å². The summed E-state index contributed by atoms with van der Waals surface area (Å²) in [6, 6.07) is 1.90. The van der Waals surface area contributed by atoms with E-state index in [1.54, 1.807) is 6.26 Å². The van der Waals surface area contributed by atoms with Gasteiger partial charge in [-0.1, -0.05) is 19.8 Å². The van der Waals surface area contributed by atoms with Crippen LogP contribution in [0.25, 0.3) is 0 Å². The van der Waals surface area contributed by atoms with E-state index in [0.29, 0.717) is 18.2 Å². The first-order valence-electron chi connectivity index (χ1n) is 6.51. The lowest BCUT2D eigenvalue weighted by atomic mass is 9.66. The molecule has 0 bridgehead atoms. The van der Waals surface area contributed by atoms with Gasteiger partial charge in [0.05, 0.1) is 6.26 Å². The number of hydrogen-bond donors (Lipinski definition) is 2. The molecule has 0 amide bonds. The lowest BCUT2D eigenvalue weighted by molar-refractivity contribution is -0.0260. The number of aliphatic hydroxyl groups excluding tert-OH is 1. The van der Waals surface area contributed by atoms with Crippen molar-refractivity contribution in [1.29, 1.82) is 0 Å². The zero-order valence-electron chi connectivity index (χ0n) is 10.8. The Balaban J connectivity index is 2.26. The molecule has 1 fully saturated rings. The van der Waals surface area contributed by atoms with E-state index in [-0.39, 0.29) is 5.41 Å². The molecule has 3 nitrogen and oxygen atoms in total. The molecule has 1 aliphatic rings. The van der Waals surface area contributed by atoms with Crippen LogP contribution in [0.4, 0.5) is 0 Å². The third-order valence-corrected chi connectivity index (χ3v) is 4.26. The normalized spacial score (nSPS) is 31.4. The van der Waals surface area contributed by atoms with E-state index in [0.717, 1.165) is 24.8 Å². The van der Waals surface area contributed by atoms with Gasteiger partial charge in [-0.25, -0.2) is 0 Å². The van der Waals surface area contributed by atoms with Crippen LogP contribution in [0, 0.1) is 18.3 Å². The molecule has 3 N–H and O–H groups in total. The number of aliphatic hydroxyl groups is 1. The molecule has 1 aliphatic carbocycles. The van der Waals surface area contributed by atoms with Crippen molar-refractivity contribution in [2.75, 3.05) is 6.54 Å². The van der Waals surface area contributed by atoms with Crippen LogP contribution in [0.3, 0.4) is 0 Å². The maximum Gasteiger partial charge on any atom is 0.135 e. The van der Waals surface area contributed by atoms with E-state index in [2.05, 4.69) is 6.92 Å². The first kappa shape index (κ1) is 12.7. The zero-order valence-corrected chi connectivity index (χ0v) is 10.8. The summed E-state index contributed by atoms with van der Waals surface area (Å²) in [6.07, 6.45) is 5.45. The van der Waals surface area contributed by atoms with Crippen molar-refractivity contribution in [3.63, 3.8) is 0 Å². The molecule has 17 heavy (non-hydrogen) atoms. The highest BCUT2D eigenvalue weighted by Crippen LogP contribution is 2.47. The van der Waals surface area contributed by atoms with Crippen LogP contribution in [0.1, 0.15) is 50.0 Å². The van der Waals surface area contributed by atoms with E-state index < -0.39 is 6.10 Å². The summed E-state index contributed by atoms with van der Waals surface area (Å²) in [5, 5.41) is 10.6. The molecule has 3 unspecified atom stereocenters.